The summed E-state index contributed by atoms with van der Waals surface area (Å²) in [7, 11) is 0. The van der Waals surface area contributed by atoms with E-state index in [-0.39, 0.29) is 11.3 Å². The van der Waals surface area contributed by atoms with Crippen LogP contribution in [0.15, 0.2) is 22.7 Å². The van der Waals surface area contributed by atoms with Gasteiger partial charge in [-0.15, -0.1) is 0 Å². The van der Waals surface area contributed by atoms with Gasteiger partial charge in [-0.1, -0.05) is 15.9 Å². The van der Waals surface area contributed by atoms with Gasteiger partial charge in [-0.3, -0.25) is 0 Å². The molecule has 1 aromatic carbocycles. The van der Waals surface area contributed by atoms with Crippen molar-refractivity contribution in [1.29, 1.82) is 0 Å². The molecule has 0 amide bonds. The second-order valence-electron chi connectivity index (χ2n) is 3.43. The highest BCUT2D eigenvalue weighted by molar-refractivity contribution is 9.10. The van der Waals surface area contributed by atoms with Gasteiger partial charge >= 0.3 is 12.1 Å². The van der Waals surface area contributed by atoms with Crippen LogP contribution in [0.5, 0.6) is 10.9 Å². The number of aromatic carboxylic acids is 1. The normalized spacial score (nSPS) is 11.4. The number of hydrogen-bond donors (Lipinski definition) is 1. The van der Waals surface area contributed by atoms with Gasteiger partial charge in [0.1, 0.15) is 11.3 Å². The zero-order valence-corrected chi connectivity index (χ0v) is 11.7. The lowest BCUT2D eigenvalue weighted by Gasteiger charge is -2.05. The Bertz CT molecular complexity index is 659. The minimum atomic E-state index is -4.68. The Kier molecular flexibility index (Phi) is 3.95. The molecule has 0 bridgehead atoms. The number of halogens is 4. The summed E-state index contributed by atoms with van der Waals surface area (Å²) in [6.07, 6.45) is -4.68. The molecule has 0 aliphatic carbocycles. The highest BCUT2D eigenvalue weighted by Crippen LogP contribution is 2.33. The second-order valence-corrected chi connectivity index (χ2v) is 5.06. The van der Waals surface area contributed by atoms with Gasteiger partial charge in [-0.2, -0.15) is 22.5 Å². The van der Waals surface area contributed by atoms with Crippen molar-refractivity contribution < 1.29 is 27.8 Å². The molecule has 1 N–H and O–H groups in total. The number of nitrogens with zero attached hydrogens (tertiary/aromatic N) is 2. The third-order valence-corrected chi connectivity index (χ3v) is 3.12. The van der Waals surface area contributed by atoms with Crippen LogP contribution >= 0.6 is 27.5 Å². The van der Waals surface area contributed by atoms with Gasteiger partial charge in [0.15, 0.2) is 0 Å². The van der Waals surface area contributed by atoms with Gasteiger partial charge in [0, 0.05) is 16.0 Å². The number of alkyl halides is 3. The summed E-state index contributed by atoms with van der Waals surface area (Å²) in [5.41, 5.74) is -0.197. The van der Waals surface area contributed by atoms with E-state index in [4.69, 9.17) is 9.84 Å². The average molecular weight is 369 g/mol. The van der Waals surface area contributed by atoms with E-state index in [2.05, 4.69) is 25.3 Å². The van der Waals surface area contributed by atoms with E-state index in [1.165, 1.54) is 18.2 Å². The molecule has 10 heteroatoms. The molecule has 0 spiro atoms. The van der Waals surface area contributed by atoms with Gasteiger partial charge in [0.25, 0.3) is 11.0 Å². The molecule has 106 valence electrons. The van der Waals surface area contributed by atoms with Crippen LogP contribution in [0.25, 0.3) is 0 Å². The lowest BCUT2D eigenvalue weighted by atomic mass is 10.2. The molecule has 2 aromatic rings. The van der Waals surface area contributed by atoms with Crippen LogP contribution in [-0.4, -0.2) is 20.4 Å². The zero-order chi connectivity index (χ0) is 14.9. The first-order valence-corrected chi connectivity index (χ1v) is 6.45. The quantitative estimate of drug-likeness (QED) is 0.891. The maximum Gasteiger partial charge on any atom is 0.452 e. The maximum atomic E-state index is 12.3. The minimum Gasteiger partial charge on any atom is -0.478 e. The summed E-state index contributed by atoms with van der Waals surface area (Å²) in [6.45, 7) is 0. The number of carbonyl (C=O) groups is 1. The fourth-order valence-corrected chi connectivity index (χ4v) is 2.12. The summed E-state index contributed by atoms with van der Waals surface area (Å²) in [5.74, 6) is -2.73. The lowest BCUT2D eigenvalue weighted by molar-refractivity contribution is -0.144. The smallest absolute Gasteiger partial charge is 0.452 e. The van der Waals surface area contributed by atoms with Crippen molar-refractivity contribution in [2.45, 2.75) is 6.18 Å². The first-order chi connectivity index (χ1) is 9.27. The Morgan fingerprint density at radius 2 is 2.10 bits per heavy atom. The standard InChI is InChI=1S/C10H4BrF3N2O3S/c11-4-1-2-5(7(17)18)6(3-4)19-9-15-8(16-20-9)10(12,13)14/h1-3H,(H,17,18). The molecule has 20 heavy (non-hydrogen) atoms. The van der Waals surface area contributed by atoms with Gasteiger partial charge in [0.05, 0.1) is 0 Å². The van der Waals surface area contributed by atoms with Crippen molar-refractivity contribution in [2.75, 3.05) is 0 Å². The van der Waals surface area contributed by atoms with Crippen molar-refractivity contribution in [3.05, 3.63) is 34.1 Å². The SMILES string of the molecule is O=C(O)c1ccc(Br)cc1Oc1nc(C(F)(F)F)ns1. The molecule has 0 aliphatic heterocycles. The van der Waals surface area contributed by atoms with Crippen LogP contribution in [-0.2, 0) is 6.18 Å². The van der Waals surface area contributed by atoms with Crippen LogP contribution in [0.4, 0.5) is 13.2 Å². The topological polar surface area (TPSA) is 72.3 Å². The van der Waals surface area contributed by atoms with Crippen molar-refractivity contribution in [2.24, 2.45) is 0 Å². The number of aromatic nitrogens is 2. The highest BCUT2D eigenvalue weighted by Gasteiger charge is 2.36. The van der Waals surface area contributed by atoms with E-state index < -0.39 is 23.2 Å². The van der Waals surface area contributed by atoms with Gasteiger partial charge in [-0.25, -0.2) is 4.79 Å². The number of carboxylic acids is 1. The Hall–Kier alpha value is -1.68. The number of benzene rings is 1. The van der Waals surface area contributed by atoms with Gasteiger partial charge < -0.3 is 9.84 Å². The first kappa shape index (κ1) is 14.7. The van der Waals surface area contributed by atoms with Crippen LogP contribution in [0.2, 0.25) is 0 Å². The molecule has 1 heterocycles. The fourth-order valence-electron chi connectivity index (χ4n) is 1.22. The van der Waals surface area contributed by atoms with Gasteiger partial charge in [-0.05, 0) is 18.2 Å². The van der Waals surface area contributed by atoms with Crippen molar-refractivity contribution >= 4 is 33.4 Å². The van der Waals surface area contributed by atoms with E-state index in [1.54, 1.807) is 0 Å². The summed E-state index contributed by atoms with van der Waals surface area (Å²) in [6, 6.07) is 4.04. The monoisotopic (exact) mass is 368 g/mol. The molecule has 1 aromatic heterocycles. The van der Waals surface area contributed by atoms with Crippen molar-refractivity contribution in [1.82, 2.24) is 9.36 Å². The third-order valence-electron chi connectivity index (χ3n) is 2.03. The molecule has 5 nitrogen and oxygen atoms in total. The van der Waals surface area contributed by atoms with Crippen molar-refractivity contribution in [3.8, 4) is 10.9 Å². The average Bonchev–Trinajstić information content (AvgIpc) is 2.76. The Morgan fingerprint density at radius 3 is 2.65 bits per heavy atom. The first-order valence-electron chi connectivity index (χ1n) is 4.89. The van der Waals surface area contributed by atoms with Crippen LogP contribution in [0.1, 0.15) is 16.2 Å². The number of rotatable bonds is 3. The lowest BCUT2D eigenvalue weighted by Crippen LogP contribution is -2.07. The van der Waals surface area contributed by atoms with E-state index in [9.17, 15) is 18.0 Å². The predicted molar refractivity (Wildman–Crippen MR) is 66.1 cm³/mol. The van der Waals surface area contributed by atoms with Crippen LogP contribution < -0.4 is 4.74 Å². The zero-order valence-electron chi connectivity index (χ0n) is 9.31. The summed E-state index contributed by atoms with van der Waals surface area (Å²) >= 11 is 3.50. The third kappa shape index (κ3) is 3.25. The Balaban J connectivity index is 2.32. The second kappa shape index (κ2) is 5.37. The Morgan fingerprint density at radius 1 is 1.40 bits per heavy atom. The fraction of sp³-hybridized carbons (Fsp3) is 0.100. The minimum absolute atomic E-state index is 0.128. The molecule has 0 radical (unpaired) electrons. The largest absolute Gasteiger partial charge is 0.478 e. The molecule has 0 saturated heterocycles. The van der Waals surface area contributed by atoms with Crippen LogP contribution in [0.3, 0.4) is 0 Å². The summed E-state index contributed by atoms with van der Waals surface area (Å²) in [5, 5.41) is 8.57. The highest BCUT2D eigenvalue weighted by atomic mass is 79.9. The molecular formula is C10H4BrF3N2O3S. The molecular weight excluding hydrogens is 365 g/mol. The van der Waals surface area contributed by atoms with Crippen molar-refractivity contribution in [3.63, 3.8) is 0 Å². The maximum absolute atomic E-state index is 12.3. The van der Waals surface area contributed by atoms with E-state index >= 15 is 0 Å². The molecule has 0 fully saturated rings. The molecule has 2 rings (SSSR count). The number of carboxylic acid groups (broad SMARTS) is 1. The number of hydrogen-bond acceptors (Lipinski definition) is 5. The molecule has 0 saturated carbocycles. The molecule has 0 aliphatic rings. The summed E-state index contributed by atoms with van der Waals surface area (Å²) in [4.78, 5) is 14.1. The predicted octanol–water partition coefficient (Wildman–Crippen LogP) is 3.81. The van der Waals surface area contributed by atoms with E-state index in [1.807, 2.05) is 0 Å². The number of ether oxygens (including phenoxy) is 1. The van der Waals surface area contributed by atoms with Gasteiger partial charge in [0.2, 0.25) is 0 Å². The van der Waals surface area contributed by atoms with Crippen LogP contribution in [0, 0.1) is 0 Å². The molecule has 0 atom stereocenters. The summed E-state index contributed by atoms with van der Waals surface area (Å²) < 4.78 is 45.7. The van der Waals surface area contributed by atoms with E-state index in [0.717, 1.165) is 0 Å². The Labute approximate surface area is 122 Å². The molecule has 0 unspecified atom stereocenters. The van der Waals surface area contributed by atoms with E-state index in [0.29, 0.717) is 16.0 Å².